The first-order valence-electron chi connectivity index (χ1n) is 14.2. The van der Waals surface area contributed by atoms with E-state index in [0.29, 0.717) is 10.6 Å². The molecule has 44 heavy (non-hydrogen) atoms. The van der Waals surface area contributed by atoms with Gasteiger partial charge in [-0.1, -0.05) is 71.8 Å². The molecule has 1 atom stereocenters. The number of rotatable bonds is 12. The first-order valence-corrected chi connectivity index (χ1v) is 16.0. The molecule has 0 aliphatic rings. The van der Waals surface area contributed by atoms with Crippen LogP contribution in [0.2, 0.25) is 5.02 Å². The Balaban J connectivity index is 1.79. The van der Waals surface area contributed by atoms with Gasteiger partial charge in [0, 0.05) is 24.0 Å². The van der Waals surface area contributed by atoms with Gasteiger partial charge in [0.1, 0.15) is 18.4 Å². The quantitative estimate of drug-likeness (QED) is 0.202. The number of hydrogen-bond donors (Lipinski definition) is 1. The molecule has 0 aliphatic heterocycles. The topological polar surface area (TPSA) is 86.8 Å². The van der Waals surface area contributed by atoms with Gasteiger partial charge in [0.05, 0.1) is 10.6 Å². The third-order valence-corrected chi connectivity index (χ3v) is 9.01. The second-order valence-corrected chi connectivity index (χ2v) is 13.1. The summed E-state index contributed by atoms with van der Waals surface area (Å²) in [6, 6.07) is 26.1. The number of nitrogens with one attached hydrogen (secondary N) is 1. The summed E-state index contributed by atoms with van der Waals surface area (Å²) in [5.41, 5.74) is 2.50. The lowest BCUT2D eigenvalue weighted by molar-refractivity contribution is -0.140. The van der Waals surface area contributed by atoms with E-state index in [1.165, 1.54) is 29.2 Å². The van der Waals surface area contributed by atoms with Crippen LogP contribution in [0.25, 0.3) is 0 Å². The van der Waals surface area contributed by atoms with E-state index < -0.39 is 34.3 Å². The molecule has 7 nitrogen and oxygen atoms in total. The number of amides is 2. The van der Waals surface area contributed by atoms with E-state index in [2.05, 4.69) is 5.32 Å². The van der Waals surface area contributed by atoms with E-state index in [4.69, 9.17) is 11.6 Å². The second kappa shape index (κ2) is 14.5. The Kier molecular flexibility index (Phi) is 10.8. The van der Waals surface area contributed by atoms with Crippen molar-refractivity contribution in [2.24, 2.45) is 0 Å². The van der Waals surface area contributed by atoms with Gasteiger partial charge in [0.2, 0.25) is 11.8 Å². The van der Waals surface area contributed by atoms with Crippen molar-refractivity contribution < 1.29 is 22.4 Å². The number of aryl methyl sites for hydroxylation is 1. The van der Waals surface area contributed by atoms with Gasteiger partial charge in [0.25, 0.3) is 10.0 Å². The molecule has 0 heterocycles. The van der Waals surface area contributed by atoms with Crippen LogP contribution in [0.4, 0.5) is 10.1 Å². The van der Waals surface area contributed by atoms with Crippen molar-refractivity contribution in [2.75, 3.05) is 10.8 Å². The molecule has 0 unspecified atom stereocenters. The Morgan fingerprint density at radius 2 is 1.45 bits per heavy atom. The maximum Gasteiger partial charge on any atom is 0.264 e. The lowest BCUT2D eigenvalue weighted by atomic mass is 10.0. The fraction of sp³-hybridized carbons (Fsp3) is 0.235. The minimum absolute atomic E-state index is 0.0147. The van der Waals surface area contributed by atoms with Gasteiger partial charge in [0.15, 0.2) is 0 Å². The molecule has 0 bridgehead atoms. The molecule has 0 fully saturated rings. The van der Waals surface area contributed by atoms with Gasteiger partial charge in [-0.3, -0.25) is 13.9 Å². The van der Waals surface area contributed by atoms with Crippen molar-refractivity contribution in [2.45, 2.75) is 50.7 Å². The largest absolute Gasteiger partial charge is 0.352 e. The van der Waals surface area contributed by atoms with E-state index in [-0.39, 0.29) is 35.5 Å². The number of nitrogens with zero attached hydrogens (tertiary/aromatic N) is 2. The van der Waals surface area contributed by atoms with Crippen LogP contribution in [-0.4, -0.2) is 43.8 Å². The van der Waals surface area contributed by atoms with Crippen LogP contribution in [0.5, 0.6) is 0 Å². The van der Waals surface area contributed by atoms with Gasteiger partial charge in [-0.2, -0.15) is 0 Å². The minimum atomic E-state index is -4.27. The van der Waals surface area contributed by atoms with E-state index in [9.17, 15) is 22.4 Å². The molecule has 4 aromatic carbocycles. The highest BCUT2D eigenvalue weighted by atomic mass is 35.5. The minimum Gasteiger partial charge on any atom is -0.352 e. The van der Waals surface area contributed by atoms with Gasteiger partial charge in [-0.05, 0) is 80.4 Å². The molecular weight excluding hydrogens is 601 g/mol. The maximum atomic E-state index is 14.4. The number of anilines is 1. The Morgan fingerprint density at radius 3 is 2.05 bits per heavy atom. The van der Waals surface area contributed by atoms with E-state index >= 15 is 0 Å². The monoisotopic (exact) mass is 635 g/mol. The molecule has 0 aromatic heterocycles. The molecule has 4 aromatic rings. The van der Waals surface area contributed by atoms with Crippen LogP contribution in [0.15, 0.2) is 108 Å². The van der Waals surface area contributed by atoms with Gasteiger partial charge < -0.3 is 10.2 Å². The summed E-state index contributed by atoms with van der Waals surface area (Å²) in [7, 11) is -4.27. The van der Waals surface area contributed by atoms with Crippen molar-refractivity contribution in [1.29, 1.82) is 0 Å². The molecular formula is C34H35ClFN3O4S. The third kappa shape index (κ3) is 8.45. The molecule has 4 rings (SSSR count). The summed E-state index contributed by atoms with van der Waals surface area (Å²) in [5, 5.41) is 3.43. The number of carbonyl (C=O) groups excluding carboxylic acids is 2. The molecule has 0 saturated heterocycles. The number of carbonyl (C=O) groups is 2. The van der Waals surface area contributed by atoms with Crippen LogP contribution in [0.1, 0.15) is 30.5 Å². The smallest absolute Gasteiger partial charge is 0.264 e. The van der Waals surface area contributed by atoms with Gasteiger partial charge in [-0.25, -0.2) is 12.8 Å². The molecule has 1 N–H and O–H groups in total. The summed E-state index contributed by atoms with van der Waals surface area (Å²) >= 11 is 6.11. The Hall–Kier alpha value is -4.21. The highest BCUT2D eigenvalue weighted by Crippen LogP contribution is 2.26. The predicted octanol–water partition coefficient (Wildman–Crippen LogP) is 6.15. The first kappa shape index (κ1) is 32.7. The highest BCUT2D eigenvalue weighted by molar-refractivity contribution is 7.92. The zero-order chi connectivity index (χ0) is 31.9. The molecule has 0 radical (unpaired) electrons. The summed E-state index contributed by atoms with van der Waals surface area (Å²) < 4.78 is 42.8. The Morgan fingerprint density at radius 1 is 0.841 bits per heavy atom. The fourth-order valence-corrected chi connectivity index (χ4v) is 6.23. The van der Waals surface area contributed by atoms with Crippen molar-refractivity contribution in [3.05, 3.63) is 131 Å². The van der Waals surface area contributed by atoms with Crippen molar-refractivity contribution in [3.8, 4) is 0 Å². The first-order chi connectivity index (χ1) is 20.9. The molecule has 230 valence electrons. The normalized spacial score (nSPS) is 12.0. The zero-order valence-corrected chi connectivity index (χ0v) is 26.4. The summed E-state index contributed by atoms with van der Waals surface area (Å²) in [6.07, 6.45) is 0.194. The van der Waals surface area contributed by atoms with Crippen LogP contribution in [-0.2, 0) is 32.6 Å². The second-order valence-electron chi connectivity index (χ2n) is 10.8. The highest BCUT2D eigenvalue weighted by Gasteiger charge is 2.34. The van der Waals surface area contributed by atoms with E-state index in [0.717, 1.165) is 27.6 Å². The van der Waals surface area contributed by atoms with Crippen LogP contribution in [0, 0.1) is 12.7 Å². The fourth-order valence-electron chi connectivity index (χ4n) is 4.69. The maximum absolute atomic E-state index is 14.4. The standard InChI is InChI=1S/C34H35ClFN3O4S/c1-24(2)37-34(41)32(21-26-7-5-4-6-8-26)38(22-27-11-13-28(35)14-12-27)33(40)23-39(30-17-15-29(36)16-18-30)44(42,43)31-19-9-25(3)10-20-31/h4-20,24,32H,21-23H2,1-3H3,(H,37,41)/t32-/m1/s1. The predicted molar refractivity (Wildman–Crippen MR) is 171 cm³/mol. The average molecular weight is 636 g/mol. The van der Waals surface area contributed by atoms with E-state index in [1.807, 2.05) is 51.1 Å². The summed E-state index contributed by atoms with van der Waals surface area (Å²) in [5.74, 6) is -1.54. The SMILES string of the molecule is Cc1ccc(S(=O)(=O)N(CC(=O)N(Cc2ccc(Cl)cc2)[C@H](Cc2ccccc2)C(=O)NC(C)C)c2ccc(F)cc2)cc1. The number of benzene rings is 4. The van der Waals surface area contributed by atoms with Crippen molar-refractivity contribution >= 4 is 39.1 Å². The molecule has 0 spiro atoms. The van der Waals surface area contributed by atoms with E-state index in [1.54, 1.807) is 36.4 Å². The Bertz CT molecular complexity index is 1660. The van der Waals surface area contributed by atoms with Crippen LogP contribution < -0.4 is 9.62 Å². The van der Waals surface area contributed by atoms with Gasteiger partial charge >= 0.3 is 0 Å². The summed E-state index contributed by atoms with van der Waals surface area (Å²) in [4.78, 5) is 29.4. The number of hydrogen-bond acceptors (Lipinski definition) is 4. The molecule has 2 amide bonds. The van der Waals surface area contributed by atoms with Crippen molar-refractivity contribution in [1.82, 2.24) is 10.2 Å². The Labute approximate surface area is 263 Å². The summed E-state index contributed by atoms with van der Waals surface area (Å²) in [6.45, 7) is 4.87. The molecule has 0 aliphatic carbocycles. The number of halogens is 2. The van der Waals surface area contributed by atoms with Crippen molar-refractivity contribution in [3.63, 3.8) is 0 Å². The zero-order valence-electron chi connectivity index (χ0n) is 24.8. The third-order valence-electron chi connectivity index (χ3n) is 6.97. The average Bonchev–Trinajstić information content (AvgIpc) is 2.99. The molecule has 10 heteroatoms. The van der Waals surface area contributed by atoms with Crippen LogP contribution in [0.3, 0.4) is 0 Å². The lowest BCUT2D eigenvalue weighted by Crippen LogP contribution is -2.54. The van der Waals surface area contributed by atoms with Gasteiger partial charge in [-0.15, -0.1) is 0 Å². The lowest BCUT2D eigenvalue weighted by Gasteiger charge is -2.34. The van der Waals surface area contributed by atoms with Crippen LogP contribution >= 0.6 is 11.6 Å². The molecule has 0 saturated carbocycles. The number of sulfonamides is 1.